The first-order chi connectivity index (χ1) is 13.7. The van der Waals surface area contributed by atoms with E-state index in [4.69, 9.17) is 5.10 Å². The van der Waals surface area contributed by atoms with Crippen LogP contribution in [0.25, 0.3) is 16.6 Å². The number of nitrogens with one attached hydrogen (secondary N) is 1. The summed E-state index contributed by atoms with van der Waals surface area (Å²) in [6.45, 7) is 15.5. The number of fused-ring (bicyclic) bond motifs is 1. The lowest BCUT2D eigenvalue weighted by Gasteiger charge is -2.17. The van der Waals surface area contributed by atoms with Crippen molar-refractivity contribution in [3.63, 3.8) is 0 Å². The van der Waals surface area contributed by atoms with Gasteiger partial charge in [0.25, 0.3) is 0 Å². The Hall–Kier alpha value is -2.69. The van der Waals surface area contributed by atoms with E-state index in [1.807, 2.05) is 10.7 Å². The normalized spacial score (nSPS) is 12.0. The molecule has 1 aromatic carbocycles. The summed E-state index contributed by atoms with van der Waals surface area (Å²) in [4.78, 5) is 4.32. The van der Waals surface area contributed by atoms with Gasteiger partial charge in [-0.15, -0.1) is 0 Å². The summed E-state index contributed by atoms with van der Waals surface area (Å²) in [6, 6.07) is 9.58. The second-order valence-corrected chi connectivity index (χ2v) is 9.11. The molecule has 0 aliphatic rings. The Kier molecular flexibility index (Phi) is 6.06. The van der Waals surface area contributed by atoms with Crippen LogP contribution in [-0.2, 0) is 13.2 Å². The highest BCUT2D eigenvalue weighted by atomic mass is 19.1. The fourth-order valence-electron chi connectivity index (χ4n) is 3.24. The number of hydrogen-bond donors (Lipinski definition) is 1. The molecule has 0 saturated heterocycles. The highest BCUT2D eigenvalue weighted by molar-refractivity contribution is 5.87. The van der Waals surface area contributed by atoms with E-state index in [1.165, 1.54) is 5.56 Å². The number of nitrogens with zero attached hydrogens (tertiary/aromatic N) is 3. The van der Waals surface area contributed by atoms with Crippen molar-refractivity contribution in [2.75, 3.05) is 5.32 Å². The van der Waals surface area contributed by atoms with E-state index in [0.29, 0.717) is 23.0 Å². The minimum atomic E-state index is -0.585. The zero-order valence-corrected chi connectivity index (χ0v) is 18.1. The number of benzene rings is 1. The number of aryl methyl sites for hydroxylation is 1. The molecule has 0 unspecified atom stereocenters. The Morgan fingerprint density at radius 1 is 1.24 bits per heavy atom. The summed E-state index contributed by atoms with van der Waals surface area (Å²) in [5.74, 6) is 0.319. The van der Waals surface area contributed by atoms with Gasteiger partial charge < -0.3 is 5.32 Å². The minimum absolute atomic E-state index is 0.271. The molecule has 1 N–H and O–H groups in total. The predicted octanol–water partition coefficient (Wildman–Crippen LogP) is 6.54. The highest BCUT2D eigenvalue weighted by Crippen LogP contribution is 2.31. The average molecular weight is 395 g/mol. The van der Waals surface area contributed by atoms with Crippen molar-refractivity contribution < 1.29 is 4.39 Å². The molecule has 0 bridgehead atoms. The molecule has 5 heteroatoms. The number of hydrogen-bond acceptors (Lipinski definition) is 3. The lowest BCUT2D eigenvalue weighted by atomic mass is 9.92. The van der Waals surface area contributed by atoms with E-state index >= 15 is 0 Å². The third kappa shape index (κ3) is 5.22. The molecule has 0 spiro atoms. The lowest BCUT2D eigenvalue weighted by molar-refractivity contribution is 0.342. The van der Waals surface area contributed by atoms with Gasteiger partial charge in [0.15, 0.2) is 0 Å². The minimum Gasteiger partial charge on any atom is -0.354 e. The summed E-state index contributed by atoms with van der Waals surface area (Å²) in [5.41, 5.74) is 5.13. The fraction of sp³-hybridized carbons (Fsp3) is 0.417. The van der Waals surface area contributed by atoms with Crippen molar-refractivity contribution in [3.8, 4) is 0 Å². The molecule has 0 radical (unpaired) electrons. The number of anilines is 1. The van der Waals surface area contributed by atoms with Gasteiger partial charge in [-0.2, -0.15) is 5.10 Å². The van der Waals surface area contributed by atoms with Crippen molar-refractivity contribution in [2.24, 2.45) is 5.41 Å². The summed E-state index contributed by atoms with van der Waals surface area (Å²) in [7, 11) is 0. The van der Waals surface area contributed by atoms with Gasteiger partial charge in [0.1, 0.15) is 6.67 Å². The quantitative estimate of drug-likeness (QED) is 0.494. The maximum Gasteiger partial charge on any atom is 0.131 e. The summed E-state index contributed by atoms with van der Waals surface area (Å²) in [6.07, 6.45) is 3.16. The zero-order chi connectivity index (χ0) is 21.2. The molecular formula is C24H31FN4. The van der Waals surface area contributed by atoms with Gasteiger partial charge in [-0.25, -0.2) is 9.37 Å². The molecule has 3 aromatic rings. The van der Waals surface area contributed by atoms with Gasteiger partial charge in [0.05, 0.1) is 22.6 Å². The molecule has 3 rings (SSSR count). The van der Waals surface area contributed by atoms with Crippen molar-refractivity contribution in [1.82, 2.24) is 14.8 Å². The summed E-state index contributed by atoms with van der Waals surface area (Å²) < 4.78 is 15.0. The van der Waals surface area contributed by atoms with Crippen molar-refractivity contribution in [1.29, 1.82) is 0 Å². The van der Waals surface area contributed by atoms with Gasteiger partial charge in [-0.3, -0.25) is 4.68 Å². The SMILES string of the molecule is C=C(Nc1cc2cn(CCC(C)(C)C)nc2cc1C(C)C)c1cccc(CF)n1. The first kappa shape index (κ1) is 21.0. The van der Waals surface area contributed by atoms with Crippen molar-refractivity contribution in [2.45, 2.75) is 60.2 Å². The van der Waals surface area contributed by atoms with E-state index in [0.717, 1.165) is 29.6 Å². The van der Waals surface area contributed by atoms with E-state index in [1.54, 1.807) is 12.1 Å². The molecule has 0 aliphatic carbocycles. The number of rotatable bonds is 7. The van der Waals surface area contributed by atoms with Crippen molar-refractivity contribution in [3.05, 3.63) is 60.1 Å². The van der Waals surface area contributed by atoms with Gasteiger partial charge in [-0.05, 0) is 47.6 Å². The van der Waals surface area contributed by atoms with Crippen LogP contribution in [0.3, 0.4) is 0 Å². The standard InChI is InChI=1S/C24H31FN4/c1-16(2)20-13-22-18(15-29(28-22)11-10-24(4,5)6)12-23(20)26-17(3)21-9-7-8-19(14-25)27-21/h7-9,12-13,15-16,26H,3,10-11,14H2,1-2,4-6H3. The van der Waals surface area contributed by atoms with E-state index in [9.17, 15) is 4.39 Å². The molecule has 0 amide bonds. The Balaban J connectivity index is 1.91. The predicted molar refractivity (Wildman–Crippen MR) is 120 cm³/mol. The molecule has 0 atom stereocenters. The van der Waals surface area contributed by atoms with E-state index in [-0.39, 0.29) is 5.41 Å². The number of halogens is 1. The van der Waals surface area contributed by atoms with Crippen LogP contribution in [0, 0.1) is 5.41 Å². The Morgan fingerprint density at radius 2 is 2.00 bits per heavy atom. The lowest BCUT2D eigenvalue weighted by Crippen LogP contribution is -2.10. The van der Waals surface area contributed by atoms with Crippen LogP contribution in [0.2, 0.25) is 0 Å². The van der Waals surface area contributed by atoms with E-state index in [2.05, 4.69) is 69.8 Å². The number of pyridine rings is 1. The van der Waals surface area contributed by atoms with Crippen LogP contribution in [-0.4, -0.2) is 14.8 Å². The summed E-state index contributed by atoms with van der Waals surface area (Å²) >= 11 is 0. The third-order valence-electron chi connectivity index (χ3n) is 4.97. The topological polar surface area (TPSA) is 42.7 Å². The largest absolute Gasteiger partial charge is 0.354 e. The molecule has 4 nitrogen and oxygen atoms in total. The van der Waals surface area contributed by atoms with Crippen LogP contribution in [0.1, 0.15) is 63.9 Å². The van der Waals surface area contributed by atoms with Crippen LogP contribution < -0.4 is 5.32 Å². The van der Waals surface area contributed by atoms with Gasteiger partial charge in [0.2, 0.25) is 0 Å². The monoisotopic (exact) mass is 394 g/mol. The second-order valence-electron chi connectivity index (χ2n) is 9.11. The number of aromatic nitrogens is 3. The molecule has 0 saturated carbocycles. The fourth-order valence-corrected chi connectivity index (χ4v) is 3.24. The highest BCUT2D eigenvalue weighted by Gasteiger charge is 2.14. The Morgan fingerprint density at radius 3 is 2.66 bits per heavy atom. The molecule has 0 aliphatic heterocycles. The zero-order valence-electron chi connectivity index (χ0n) is 18.1. The van der Waals surface area contributed by atoms with Gasteiger partial charge >= 0.3 is 0 Å². The molecule has 2 aromatic heterocycles. The Labute approximate surface area is 172 Å². The molecule has 2 heterocycles. The van der Waals surface area contributed by atoms with Crippen LogP contribution in [0.4, 0.5) is 10.1 Å². The molecule has 154 valence electrons. The van der Waals surface area contributed by atoms with Crippen LogP contribution in [0.15, 0.2) is 43.1 Å². The first-order valence-corrected chi connectivity index (χ1v) is 10.2. The Bertz CT molecular complexity index is 1010. The summed E-state index contributed by atoms with van der Waals surface area (Å²) in [5, 5.41) is 9.26. The van der Waals surface area contributed by atoms with E-state index < -0.39 is 6.67 Å². The average Bonchev–Trinajstić information content (AvgIpc) is 3.07. The van der Waals surface area contributed by atoms with Gasteiger partial charge in [-0.1, -0.05) is 47.3 Å². The molecule has 29 heavy (non-hydrogen) atoms. The van der Waals surface area contributed by atoms with Gasteiger partial charge in [0, 0.05) is 23.8 Å². The van der Waals surface area contributed by atoms with Crippen molar-refractivity contribution >= 4 is 22.3 Å². The second kappa shape index (κ2) is 8.36. The van der Waals surface area contributed by atoms with Crippen LogP contribution in [0.5, 0.6) is 0 Å². The maximum absolute atomic E-state index is 13.0. The maximum atomic E-state index is 13.0. The number of alkyl halides is 1. The molecule has 0 fully saturated rings. The smallest absolute Gasteiger partial charge is 0.131 e. The third-order valence-corrected chi connectivity index (χ3v) is 4.97. The first-order valence-electron chi connectivity index (χ1n) is 10.2. The van der Waals surface area contributed by atoms with Crippen LogP contribution >= 0.6 is 0 Å². The molecular weight excluding hydrogens is 363 g/mol.